The molecule has 1 aromatic carbocycles. The van der Waals surface area contributed by atoms with E-state index in [0.717, 1.165) is 16.7 Å². The summed E-state index contributed by atoms with van der Waals surface area (Å²) in [5, 5.41) is 9.20. The summed E-state index contributed by atoms with van der Waals surface area (Å²) >= 11 is 0. The lowest BCUT2D eigenvalue weighted by atomic mass is 9.81. The first-order chi connectivity index (χ1) is 7.40. The van der Waals surface area contributed by atoms with Crippen LogP contribution in [0, 0.1) is 19.3 Å². The van der Waals surface area contributed by atoms with Crippen molar-refractivity contribution >= 4 is 5.97 Å². The van der Waals surface area contributed by atoms with Crippen LogP contribution in [-0.4, -0.2) is 11.1 Å². The van der Waals surface area contributed by atoms with E-state index in [9.17, 15) is 9.90 Å². The number of carboxylic acid groups (broad SMARTS) is 1. The van der Waals surface area contributed by atoms with E-state index in [1.54, 1.807) is 6.92 Å². The second-order valence-electron chi connectivity index (χ2n) is 4.47. The van der Waals surface area contributed by atoms with E-state index in [2.05, 4.69) is 6.58 Å². The molecule has 1 unspecified atom stereocenters. The fourth-order valence-corrected chi connectivity index (χ4v) is 1.73. The highest BCUT2D eigenvalue weighted by atomic mass is 16.4. The Morgan fingerprint density at radius 2 is 1.94 bits per heavy atom. The van der Waals surface area contributed by atoms with Crippen molar-refractivity contribution in [2.45, 2.75) is 27.2 Å². The molecule has 0 aliphatic carbocycles. The quantitative estimate of drug-likeness (QED) is 0.788. The Morgan fingerprint density at radius 3 is 2.31 bits per heavy atom. The van der Waals surface area contributed by atoms with Crippen molar-refractivity contribution in [2.75, 3.05) is 0 Å². The van der Waals surface area contributed by atoms with Gasteiger partial charge in [-0.2, -0.15) is 0 Å². The number of rotatable bonds is 4. The van der Waals surface area contributed by atoms with E-state index in [4.69, 9.17) is 0 Å². The largest absolute Gasteiger partial charge is 0.481 e. The van der Waals surface area contributed by atoms with Crippen LogP contribution in [0.1, 0.15) is 23.6 Å². The number of carboxylic acids is 1. The third-order valence-electron chi connectivity index (χ3n) is 3.13. The van der Waals surface area contributed by atoms with Gasteiger partial charge in [0.15, 0.2) is 0 Å². The van der Waals surface area contributed by atoms with Crippen LogP contribution in [-0.2, 0) is 11.2 Å². The van der Waals surface area contributed by atoms with Crippen LogP contribution in [0.4, 0.5) is 0 Å². The molecule has 2 nitrogen and oxygen atoms in total. The van der Waals surface area contributed by atoms with Crippen molar-refractivity contribution < 1.29 is 9.90 Å². The molecular weight excluding hydrogens is 200 g/mol. The minimum atomic E-state index is -0.892. The summed E-state index contributed by atoms with van der Waals surface area (Å²) in [4.78, 5) is 11.2. The van der Waals surface area contributed by atoms with Gasteiger partial charge in [-0.3, -0.25) is 4.79 Å². The predicted molar refractivity (Wildman–Crippen MR) is 65.6 cm³/mol. The van der Waals surface area contributed by atoms with Crippen molar-refractivity contribution in [3.05, 3.63) is 47.5 Å². The highest BCUT2D eigenvalue weighted by molar-refractivity contribution is 5.77. The first-order valence-corrected chi connectivity index (χ1v) is 5.33. The van der Waals surface area contributed by atoms with Crippen molar-refractivity contribution in [2.24, 2.45) is 5.41 Å². The maximum Gasteiger partial charge on any atom is 0.313 e. The molecule has 0 fully saturated rings. The van der Waals surface area contributed by atoms with Gasteiger partial charge < -0.3 is 5.11 Å². The number of aliphatic carboxylic acids is 1. The van der Waals surface area contributed by atoms with E-state index < -0.39 is 11.4 Å². The molecule has 0 radical (unpaired) electrons. The molecule has 1 rings (SSSR count). The normalized spacial score (nSPS) is 14.2. The van der Waals surface area contributed by atoms with Crippen LogP contribution >= 0.6 is 0 Å². The van der Waals surface area contributed by atoms with Crippen molar-refractivity contribution in [1.82, 2.24) is 0 Å². The Balaban J connectivity index is 3.13. The molecule has 0 bridgehead atoms. The monoisotopic (exact) mass is 218 g/mol. The maximum atomic E-state index is 11.2. The molecule has 0 aliphatic rings. The summed E-state index contributed by atoms with van der Waals surface area (Å²) in [6, 6.07) is 6.00. The fourth-order valence-electron chi connectivity index (χ4n) is 1.73. The maximum absolute atomic E-state index is 11.2. The second-order valence-corrected chi connectivity index (χ2v) is 4.47. The van der Waals surface area contributed by atoms with Crippen molar-refractivity contribution in [3.8, 4) is 0 Å². The zero-order chi connectivity index (χ0) is 12.3. The molecule has 1 aromatic rings. The Labute approximate surface area is 96.6 Å². The molecule has 0 saturated carbocycles. The Morgan fingerprint density at radius 1 is 1.44 bits per heavy atom. The minimum Gasteiger partial charge on any atom is -0.481 e. The van der Waals surface area contributed by atoms with Gasteiger partial charge in [-0.1, -0.05) is 24.3 Å². The van der Waals surface area contributed by atoms with Crippen LogP contribution in [0.2, 0.25) is 0 Å². The van der Waals surface area contributed by atoms with Gasteiger partial charge in [0.05, 0.1) is 5.41 Å². The predicted octanol–water partition coefficient (Wildman–Crippen LogP) is 3.12. The van der Waals surface area contributed by atoms with Gasteiger partial charge in [0, 0.05) is 0 Å². The number of hydrogen-bond acceptors (Lipinski definition) is 1. The van der Waals surface area contributed by atoms with Gasteiger partial charge in [0.2, 0.25) is 0 Å². The zero-order valence-corrected chi connectivity index (χ0v) is 10.1. The van der Waals surface area contributed by atoms with Crippen LogP contribution in [0.25, 0.3) is 0 Å². The first-order valence-electron chi connectivity index (χ1n) is 5.33. The van der Waals surface area contributed by atoms with Crippen molar-refractivity contribution in [1.29, 1.82) is 0 Å². The summed E-state index contributed by atoms with van der Waals surface area (Å²) < 4.78 is 0. The molecule has 2 heteroatoms. The highest BCUT2D eigenvalue weighted by Crippen LogP contribution is 2.27. The topological polar surface area (TPSA) is 37.3 Å². The zero-order valence-electron chi connectivity index (χ0n) is 10.1. The molecule has 0 amide bonds. The van der Waals surface area contributed by atoms with Gasteiger partial charge >= 0.3 is 5.97 Å². The Hall–Kier alpha value is -1.57. The summed E-state index contributed by atoms with van der Waals surface area (Å²) in [7, 11) is 0. The molecule has 16 heavy (non-hydrogen) atoms. The molecule has 0 spiro atoms. The second kappa shape index (κ2) is 4.52. The molecule has 0 saturated heterocycles. The van der Waals surface area contributed by atoms with E-state index in [1.807, 2.05) is 32.0 Å². The first kappa shape index (κ1) is 12.5. The lowest BCUT2D eigenvalue weighted by molar-refractivity contribution is -0.145. The van der Waals surface area contributed by atoms with E-state index >= 15 is 0 Å². The molecule has 0 aromatic heterocycles. The van der Waals surface area contributed by atoms with Crippen LogP contribution in [0.3, 0.4) is 0 Å². The summed E-state index contributed by atoms with van der Waals surface area (Å²) in [5.74, 6) is -0.829. The number of benzene rings is 1. The van der Waals surface area contributed by atoms with Gasteiger partial charge in [0.1, 0.15) is 0 Å². The van der Waals surface area contributed by atoms with E-state index in [0.29, 0.717) is 6.42 Å². The van der Waals surface area contributed by atoms with E-state index in [1.165, 1.54) is 6.08 Å². The molecule has 0 aliphatic heterocycles. The van der Waals surface area contributed by atoms with Crippen LogP contribution in [0.15, 0.2) is 30.9 Å². The standard InChI is InChI=1S/C14H18O2/c1-5-14(4,13(15)16)9-12-10(2)7-6-8-11(12)3/h5-8H,1,9H2,2-4H3,(H,15,16). The Bertz CT molecular complexity index is 400. The minimum absolute atomic E-state index is 0.490. The summed E-state index contributed by atoms with van der Waals surface area (Å²) in [6.45, 7) is 9.35. The average molecular weight is 218 g/mol. The SMILES string of the molecule is C=CC(C)(Cc1c(C)cccc1C)C(=O)O. The van der Waals surface area contributed by atoms with Gasteiger partial charge in [0.25, 0.3) is 0 Å². The number of aryl methyl sites for hydroxylation is 2. The lowest BCUT2D eigenvalue weighted by Gasteiger charge is -2.22. The van der Waals surface area contributed by atoms with E-state index in [-0.39, 0.29) is 0 Å². The lowest BCUT2D eigenvalue weighted by Crippen LogP contribution is -2.28. The number of hydrogen-bond donors (Lipinski definition) is 1. The molecule has 1 N–H and O–H groups in total. The third kappa shape index (κ3) is 2.32. The Kier molecular flexibility index (Phi) is 3.53. The summed E-state index contributed by atoms with van der Waals surface area (Å²) in [6.07, 6.45) is 2.01. The highest BCUT2D eigenvalue weighted by Gasteiger charge is 2.30. The molecule has 86 valence electrons. The van der Waals surface area contributed by atoms with Gasteiger partial charge in [-0.15, -0.1) is 6.58 Å². The van der Waals surface area contributed by atoms with Crippen LogP contribution in [0.5, 0.6) is 0 Å². The average Bonchev–Trinajstić information content (AvgIpc) is 2.23. The van der Waals surface area contributed by atoms with Gasteiger partial charge in [-0.25, -0.2) is 0 Å². The summed E-state index contributed by atoms with van der Waals surface area (Å²) in [5.41, 5.74) is 2.48. The van der Waals surface area contributed by atoms with Crippen LogP contribution < -0.4 is 0 Å². The smallest absolute Gasteiger partial charge is 0.313 e. The molecule has 0 heterocycles. The number of carbonyl (C=O) groups is 1. The van der Waals surface area contributed by atoms with Gasteiger partial charge in [-0.05, 0) is 43.9 Å². The third-order valence-corrected chi connectivity index (χ3v) is 3.13. The molecular formula is C14H18O2. The fraction of sp³-hybridized carbons (Fsp3) is 0.357. The van der Waals surface area contributed by atoms with Crippen molar-refractivity contribution in [3.63, 3.8) is 0 Å². The molecule has 1 atom stereocenters.